The standard InChI is InChI=1S/C17H21N3O.C17H19N3O.B.Na.H/c2*1-19-10-11-20(17-15(13-21)8-5-9-18-17)16(12-19)14-6-3-2-4-7-14;;;/h2-9,16,21H,10-13H2,1H3;2-9,13,16H,10-12H2,1H3;;;/q;;;+1;-1/t2*16-;;;/m11.../s1. The first kappa shape index (κ1) is 35.4. The number of carbonyl (C=O) groups is 1. The van der Waals surface area contributed by atoms with Gasteiger partial charge in [0, 0.05) is 65.6 Å². The second-order valence-corrected chi connectivity index (χ2v) is 10.9. The largest absolute Gasteiger partial charge is 1.00 e. The van der Waals surface area contributed by atoms with Gasteiger partial charge in [-0.1, -0.05) is 66.7 Å². The number of aromatic nitrogens is 2. The van der Waals surface area contributed by atoms with Crippen LogP contribution in [0.5, 0.6) is 0 Å². The molecule has 44 heavy (non-hydrogen) atoms. The second-order valence-electron chi connectivity index (χ2n) is 10.9. The molecular weight excluding hydrogens is 558 g/mol. The fourth-order valence-electron chi connectivity index (χ4n) is 5.82. The normalized spacial score (nSPS) is 18.7. The number of hydrogen-bond donors (Lipinski definition) is 1. The Morgan fingerprint density at radius 1 is 0.727 bits per heavy atom. The Hall–Kier alpha value is -3.05. The van der Waals surface area contributed by atoms with Gasteiger partial charge in [0.25, 0.3) is 0 Å². The van der Waals surface area contributed by atoms with Crippen LogP contribution in [0.3, 0.4) is 0 Å². The molecule has 6 rings (SSSR count). The number of anilines is 2. The number of rotatable bonds is 6. The van der Waals surface area contributed by atoms with E-state index in [0.29, 0.717) is 5.56 Å². The van der Waals surface area contributed by atoms with Gasteiger partial charge in [0.2, 0.25) is 0 Å². The molecule has 2 atom stereocenters. The van der Waals surface area contributed by atoms with E-state index in [9.17, 15) is 9.90 Å². The third-order valence-electron chi connectivity index (χ3n) is 8.06. The van der Waals surface area contributed by atoms with Gasteiger partial charge in [-0.05, 0) is 43.4 Å². The summed E-state index contributed by atoms with van der Waals surface area (Å²) < 4.78 is 0. The van der Waals surface area contributed by atoms with E-state index in [0.717, 1.165) is 62.8 Å². The van der Waals surface area contributed by atoms with E-state index >= 15 is 0 Å². The Morgan fingerprint density at radius 2 is 1.20 bits per heavy atom. The predicted octanol–water partition coefficient (Wildman–Crippen LogP) is 1.19. The summed E-state index contributed by atoms with van der Waals surface area (Å²) >= 11 is 0. The molecule has 3 radical (unpaired) electrons. The van der Waals surface area contributed by atoms with E-state index in [4.69, 9.17) is 0 Å². The fourth-order valence-corrected chi connectivity index (χ4v) is 5.82. The Morgan fingerprint density at radius 3 is 1.70 bits per heavy atom. The van der Waals surface area contributed by atoms with Crippen molar-refractivity contribution in [2.75, 3.05) is 63.2 Å². The number of piperazine rings is 2. The number of nitrogens with zero attached hydrogens (tertiary/aromatic N) is 6. The minimum atomic E-state index is 0. The van der Waals surface area contributed by atoms with Gasteiger partial charge in [-0.3, -0.25) is 4.79 Å². The topological polar surface area (TPSA) is 76.0 Å². The minimum Gasteiger partial charge on any atom is -1.00 e. The SMILES string of the molecule is CN1CCN(c2ncccc2C=O)[C@@H](c2ccccc2)C1.CN1CCN(c2ncccc2CO)[C@@H](c2ccccc2)C1.[B].[H-].[Na+]. The molecule has 4 aromatic rings. The van der Waals surface area contributed by atoms with Crippen molar-refractivity contribution in [3.63, 3.8) is 0 Å². The van der Waals surface area contributed by atoms with Crippen LogP contribution in [0.1, 0.15) is 40.6 Å². The van der Waals surface area contributed by atoms with E-state index in [1.165, 1.54) is 11.1 Å². The Bertz CT molecular complexity index is 1440. The second kappa shape index (κ2) is 17.4. The molecule has 4 heterocycles. The fraction of sp³-hybridized carbons (Fsp3) is 0.324. The number of carbonyl (C=O) groups excluding carboxylic acids is 1. The summed E-state index contributed by atoms with van der Waals surface area (Å²) in [6.07, 6.45) is 4.44. The van der Waals surface area contributed by atoms with Gasteiger partial charge in [0.05, 0.1) is 24.3 Å². The molecule has 0 unspecified atom stereocenters. The maximum atomic E-state index is 11.3. The van der Waals surface area contributed by atoms with Crippen molar-refractivity contribution >= 4 is 26.3 Å². The minimum absolute atomic E-state index is 0. The Balaban J connectivity index is 0.000000294. The Labute approximate surface area is 287 Å². The van der Waals surface area contributed by atoms with Crippen molar-refractivity contribution in [2.45, 2.75) is 18.7 Å². The Kier molecular flexibility index (Phi) is 14.0. The van der Waals surface area contributed by atoms with Gasteiger partial charge < -0.3 is 26.1 Å². The average molecular weight is 600 g/mol. The van der Waals surface area contributed by atoms with E-state index in [2.05, 4.69) is 92.2 Å². The van der Waals surface area contributed by atoms with Crippen LogP contribution >= 0.6 is 0 Å². The van der Waals surface area contributed by atoms with Crippen molar-refractivity contribution in [3.05, 3.63) is 120 Å². The van der Waals surface area contributed by atoms with Crippen LogP contribution < -0.4 is 39.4 Å². The molecule has 10 heteroatoms. The van der Waals surface area contributed by atoms with Gasteiger partial charge >= 0.3 is 29.6 Å². The van der Waals surface area contributed by atoms with Crippen molar-refractivity contribution in [1.29, 1.82) is 0 Å². The molecule has 2 aromatic carbocycles. The third-order valence-corrected chi connectivity index (χ3v) is 8.06. The number of likely N-dealkylation sites (N-methyl/N-ethyl adjacent to an activating group) is 2. The van der Waals surface area contributed by atoms with Gasteiger partial charge in [0.1, 0.15) is 11.6 Å². The molecule has 1 N–H and O–H groups in total. The van der Waals surface area contributed by atoms with E-state index in [1.807, 2.05) is 30.3 Å². The van der Waals surface area contributed by atoms with Crippen LogP contribution in [0.25, 0.3) is 0 Å². The molecule has 0 amide bonds. The predicted molar refractivity (Wildman–Crippen MR) is 175 cm³/mol. The monoisotopic (exact) mass is 599 g/mol. The summed E-state index contributed by atoms with van der Waals surface area (Å²) in [5.74, 6) is 1.69. The number of benzene rings is 2. The quantitative estimate of drug-likeness (QED) is 0.262. The first-order valence-corrected chi connectivity index (χ1v) is 14.5. The summed E-state index contributed by atoms with van der Waals surface area (Å²) in [7, 11) is 4.28. The molecule has 0 aliphatic carbocycles. The number of pyridine rings is 2. The molecule has 0 spiro atoms. The van der Waals surface area contributed by atoms with Gasteiger partial charge in [-0.15, -0.1) is 0 Å². The van der Waals surface area contributed by atoms with Crippen molar-refractivity contribution in [3.8, 4) is 0 Å². The first-order valence-electron chi connectivity index (χ1n) is 14.5. The molecular formula is C34H41BN6NaO2. The maximum absolute atomic E-state index is 11.3. The molecule has 0 saturated carbocycles. The van der Waals surface area contributed by atoms with Crippen LogP contribution in [-0.4, -0.2) is 92.9 Å². The van der Waals surface area contributed by atoms with E-state index in [-0.39, 0.29) is 58.1 Å². The third kappa shape index (κ3) is 8.56. The molecule has 2 aromatic heterocycles. The van der Waals surface area contributed by atoms with Gasteiger partial charge in [0.15, 0.2) is 6.29 Å². The smallest absolute Gasteiger partial charge is 1.00 e. The summed E-state index contributed by atoms with van der Waals surface area (Å²) in [6.45, 7) is 5.68. The summed E-state index contributed by atoms with van der Waals surface area (Å²) in [5.41, 5.74) is 4.09. The van der Waals surface area contributed by atoms with Crippen molar-refractivity contribution < 1.29 is 40.9 Å². The molecule has 223 valence electrons. The molecule has 2 fully saturated rings. The summed E-state index contributed by atoms with van der Waals surface area (Å²) in [4.78, 5) is 29.5. The van der Waals surface area contributed by atoms with Crippen LogP contribution in [-0.2, 0) is 6.61 Å². The van der Waals surface area contributed by atoms with E-state index < -0.39 is 0 Å². The zero-order valence-corrected chi connectivity index (χ0v) is 28.0. The zero-order chi connectivity index (χ0) is 29.3. The van der Waals surface area contributed by atoms with Crippen LogP contribution in [0.15, 0.2) is 97.3 Å². The van der Waals surface area contributed by atoms with Crippen molar-refractivity contribution in [2.24, 2.45) is 0 Å². The number of aliphatic hydroxyl groups is 1. The maximum Gasteiger partial charge on any atom is 1.00 e. The molecule has 2 aliphatic rings. The molecule has 2 aliphatic heterocycles. The van der Waals surface area contributed by atoms with Crippen LogP contribution in [0.4, 0.5) is 11.6 Å². The number of aliphatic hydroxyl groups excluding tert-OH is 1. The van der Waals surface area contributed by atoms with Crippen LogP contribution in [0.2, 0.25) is 0 Å². The summed E-state index contributed by atoms with van der Waals surface area (Å²) in [6, 6.07) is 28.9. The van der Waals surface area contributed by atoms with Crippen molar-refractivity contribution in [1.82, 2.24) is 19.8 Å². The number of hydrogen-bond acceptors (Lipinski definition) is 8. The first-order chi connectivity index (χ1) is 20.6. The van der Waals surface area contributed by atoms with E-state index in [1.54, 1.807) is 18.5 Å². The molecule has 2 saturated heterocycles. The molecule has 8 nitrogen and oxygen atoms in total. The average Bonchev–Trinajstić information content (AvgIpc) is 3.06. The molecule has 0 bridgehead atoms. The van der Waals surface area contributed by atoms with Crippen LogP contribution in [0, 0.1) is 0 Å². The van der Waals surface area contributed by atoms with Gasteiger partial charge in [-0.2, -0.15) is 0 Å². The summed E-state index contributed by atoms with van der Waals surface area (Å²) in [5, 5.41) is 9.58. The zero-order valence-electron chi connectivity index (χ0n) is 27.0. The number of aldehydes is 1. The van der Waals surface area contributed by atoms with Gasteiger partial charge in [-0.25, -0.2) is 9.97 Å².